The van der Waals surface area contributed by atoms with Gasteiger partial charge in [0.15, 0.2) is 11.5 Å². The van der Waals surface area contributed by atoms with E-state index in [-0.39, 0.29) is 24.5 Å². The molecule has 2 fully saturated rings. The number of amides is 3. The van der Waals surface area contributed by atoms with E-state index in [2.05, 4.69) is 5.32 Å². The highest BCUT2D eigenvalue weighted by molar-refractivity contribution is 6.02. The maximum atomic E-state index is 13.4. The average molecular weight is 526 g/mol. The van der Waals surface area contributed by atoms with Crippen LogP contribution in [0.3, 0.4) is 0 Å². The molecule has 6 rings (SSSR count). The minimum Gasteiger partial charge on any atom is -0.454 e. The molecule has 2 aliphatic heterocycles. The van der Waals surface area contributed by atoms with Gasteiger partial charge in [-0.05, 0) is 78.4 Å². The van der Waals surface area contributed by atoms with Gasteiger partial charge in [0.25, 0.3) is 5.91 Å². The molecule has 1 N–H and O–H groups in total. The minimum absolute atomic E-state index is 0.0259. The van der Waals surface area contributed by atoms with Crippen LogP contribution in [-0.4, -0.2) is 60.5 Å². The van der Waals surface area contributed by atoms with Crippen LogP contribution in [0.25, 0.3) is 11.1 Å². The first kappa shape index (κ1) is 25.0. The minimum atomic E-state index is -0.552. The van der Waals surface area contributed by atoms with E-state index < -0.39 is 5.41 Å². The largest absolute Gasteiger partial charge is 0.454 e. The van der Waals surface area contributed by atoms with E-state index in [4.69, 9.17) is 9.47 Å². The van der Waals surface area contributed by atoms with Gasteiger partial charge in [0, 0.05) is 44.4 Å². The van der Waals surface area contributed by atoms with Gasteiger partial charge >= 0.3 is 0 Å². The summed E-state index contributed by atoms with van der Waals surface area (Å²) in [4.78, 5) is 41.5. The fraction of sp³-hybridized carbons (Fsp3) is 0.323. The Morgan fingerprint density at radius 1 is 0.821 bits per heavy atom. The molecule has 0 aromatic heterocycles. The van der Waals surface area contributed by atoms with E-state index >= 15 is 0 Å². The van der Waals surface area contributed by atoms with Crippen molar-refractivity contribution in [3.63, 3.8) is 0 Å². The van der Waals surface area contributed by atoms with Gasteiger partial charge in [-0.15, -0.1) is 0 Å². The van der Waals surface area contributed by atoms with Gasteiger partial charge in [0.1, 0.15) is 0 Å². The normalized spacial score (nSPS) is 17.1. The Labute approximate surface area is 227 Å². The first-order chi connectivity index (χ1) is 18.8. The van der Waals surface area contributed by atoms with Gasteiger partial charge in [-0.25, -0.2) is 0 Å². The SMILES string of the molecule is CC(=O)N1CCN(C(=O)c2ccc(-c3cc(NC(=O)C4(c5ccc6c(c5)OCO6)CC4)ccc3C)cc2)CC1. The van der Waals surface area contributed by atoms with E-state index in [1.54, 1.807) is 16.7 Å². The van der Waals surface area contributed by atoms with Gasteiger partial charge in [0.2, 0.25) is 18.6 Å². The van der Waals surface area contributed by atoms with Gasteiger partial charge in [-0.3, -0.25) is 14.4 Å². The van der Waals surface area contributed by atoms with Crippen LogP contribution in [0.15, 0.2) is 60.7 Å². The number of carbonyl (C=O) groups excluding carboxylic acids is 3. The Morgan fingerprint density at radius 3 is 2.21 bits per heavy atom. The predicted octanol–water partition coefficient (Wildman–Crippen LogP) is 4.37. The Morgan fingerprint density at radius 2 is 1.51 bits per heavy atom. The summed E-state index contributed by atoms with van der Waals surface area (Å²) < 4.78 is 10.9. The lowest BCUT2D eigenvalue weighted by Crippen LogP contribution is -2.50. The van der Waals surface area contributed by atoms with E-state index in [0.29, 0.717) is 43.2 Å². The van der Waals surface area contributed by atoms with Gasteiger partial charge in [-0.1, -0.05) is 24.3 Å². The molecule has 8 heteroatoms. The molecule has 3 amide bonds. The van der Waals surface area contributed by atoms with Crippen LogP contribution in [0.2, 0.25) is 0 Å². The first-order valence-corrected chi connectivity index (χ1v) is 13.3. The number of hydrogen-bond acceptors (Lipinski definition) is 5. The number of nitrogens with zero attached hydrogens (tertiary/aromatic N) is 2. The lowest BCUT2D eigenvalue weighted by molar-refractivity contribution is -0.130. The fourth-order valence-corrected chi connectivity index (χ4v) is 5.43. The summed E-state index contributed by atoms with van der Waals surface area (Å²) in [5.74, 6) is 1.38. The molecular weight excluding hydrogens is 494 g/mol. The van der Waals surface area contributed by atoms with Crippen molar-refractivity contribution in [2.45, 2.75) is 32.1 Å². The molecule has 2 heterocycles. The zero-order valence-electron chi connectivity index (χ0n) is 22.2. The molecule has 1 aliphatic carbocycles. The smallest absolute Gasteiger partial charge is 0.253 e. The maximum Gasteiger partial charge on any atom is 0.253 e. The summed E-state index contributed by atoms with van der Waals surface area (Å²) in [6, 6.07) is 19.2. The summed E-state index contributed by atoms with van der Waals surface area (Å²) in [6.45, 7) is 5.99. The molecule has 200 valence electrons. The fourth-order valence-electron chi connectivity index (χ4n) is 5.43. The molecule has 0 atom stereocenters. The summed E-state index contributed by atoms with van der Waals surface area (Å²) in [7, 11) is 0. The van der Waals surface area contributed by atoms with Crippen molar-refractivity contribution in [3.8, 4) is 22.6 Å². The zero-order chi connectivity index (χ0) is 27.1. The summed E-state index contributed by atoms with van der Waals surface area (Å²) in [5.41, 5.74) is 4.79. The van der Waals surface area contributed by atoms with Crippen molar-refractivity contribution in [2.75, 3.05) is 38.3 Å². The van der Waals surface area contributed by atoms with Gasteiger partial charge in [0.05, 0.1) is 5.41 Å². The second kappa shape index (κ2) is 9.76. The highest BCUT2D eigenvalue weighted by Gasteiger charge is 2.51. The predicted molar refractivity (Wildman–Crippen MR) is 147 cm³/mol. The number of nitrogens with one attached hydrogen (secondary N) is 1. The molecule has 0 radical (unpaired) electrons. The van der Waals surface area contributed by atoms with E-state index in [1.165, 1.54) is 0 Å². The molecular formula is C31H31N3O5. The number of rotatable bonds is 5. The highest BCUT2D eigenvalue weighted by atomic mass is 16.7. The monoisotopic (exact) mass is 525 g/mol. The van der Waals surface area contributed by atoms with Crippen molar-refractivity contribution in [1.82, 2.24) is 9.80 Å². The van der Waals surface area contributed by atoms with Crippen molar-refractivity contribution in [1.29, 1.82) is 0 Å². The standard InChI is InChI=1S/C31H31N3O5/c1-20-3-9-25(32-30(37)31(11-12-31)24-8-10-27-28(17-24)39-19-38-27)18-26(20)22-4-6-23(7-5-22)29(36)34-15-13-33(14-16-34)21(2)35/h3-10,17-18H,11-16,19H2,1-2H3,(H,32,37). The van der Waals surface area contributed by atoms with E-state index in [0.717, 1.165) is 40.8 Å². The molecule has 3 aromatic carbocycles. The Balaban J connectivity index is 1.16. The van der Waals surface area contributed by atoms with E-state index in [1.807, 2.05) is 67.6 Å². The molecule has 3 aliphatic rings. The number of carbonyl (C=O) groups is 3. The van der Waals surface area contributed by atoms with Crippen LogP contribution >= 0.6 is 0 Å². The zero-order valence-corrected chi connectivity index (χ0v) is 22.2. The van der Waals surface area contributed by atoms with Crippen LogP contribution in [0, 0.1) is 6.92 Å². The third-order valence-electron chi connectivity index (χ3n) is 8.06. The topological polar surface area (TPSA) is 88.2 Å². The van der Waals surface area contributed by atoms with Gasteiger partial charge < -0.3 is 24.6 Å². The highest BCUT2D eigenvalue weighted by Crippen LogP contribution is 2.51. The molecule has 1 saturated heterocycles. The molecule has 0 bridgehead atoms. The van der Waals surface area contributed by atoms with Gasteiger partial charge in [-0.2, -0.15) is 0 Å². The molecule has 1 saturated carbocycles. The van der Waals surface area contributed by atoms with Crippen molar-refractivity contribution >= 4 is 23.4 Å². The van der Waals surface area contributed by atoms with Crippen LogP contribution < -0.4 is 14.8 Å². The van der Waals surface area contributed by atoms with Crippen LogP contribution in [-0.2, 0) is 15.0 Å². The van der Waals surface area contributed by atoms with Crippen LogP contribution in [0.5, 0.6) is 11.5 Å². The van der Waals surface area contributed by atoms with Crippen molar-refractivity contribution < 1.29 is 23.9 Å². The second-order valence-electron chi connectivity index (χ2n) is 10.5. The number of hydrogen-bond donors (Lipinski definition) is 1. The number of fused-ring (bicyclic) bond motifs is 1. The summed E-state index contributed by atoms with van der Waals surface area (Å²) in [5, 5.41) is 3.13. The van der Waals surface area contributed by atoms with Crippen LogP contribution in [0.1, 0.15) is 41.3 Å². The Kier molecular flexibility index (Phi) is 6.25. The number of ether oxygens (including phenoxy) is 2. The van der Waals surface area contributed by atoms with Crippen molar-refractivity contribution in [3.05, 3.63) is 77.4 Å². The molecule has 3 aromatic rings. The third-order valence-corrected chi connectivity index (χ3v) is 8.06. The Hall–Kier alpha value is -4.33. The third kappa shape index (κ3) is 4.71. The summed E-state index contributed by atoms with van der Waals surface area (Å²) >= 11 is 0. The lowest BCUT2D eigenvalue weighted by Gasteiger charge is -2.34. The van der Waals surface area contributed by atoms with Crippen LogP contribution in [0.4, 0.5) is 5.69 Å². The number of benzene rings is 3. The lowest BCUT2D eigenvalue weighted by atomic mass is 9.94. The molecule has 39 heavy (non-hydrogen) atoms. The molecule has 8 nitrogen and oxygen atoms in total. The molecule has 0 spiro atoms. The quantitative estimate of drug-likeness (QED) is 0.535. The number of piperazine rings is 1. The van der Waals surface area contributed by atoms with Crippen molar-refractivity contribution in [2.24, 2.45) is 0 Å². The summed E-state index contributed by atoms with van der Waals surface area (Å²) in [6.07, 6.45) is 1.58. The number of anilines is 1. The average Bonchev–Trinajstić information content (AvgIpc) is 3.64. The second-order valence-corrected chi connectivity index (χ2v) is 10.5. The first-order valence-electron chi connectivity index (χ1n) is 13.3. The Bertz CT molecular complexity index is 1450. The molecule has 0 unspecified atom stereocenters. The number of aryl methyl sites for hydroxylation is 1. The maximum absolute atomic E-state index is 13.4. The van der Waals surface area contributed by atoms with E-state index in [9.17, 15) is 14.4 Å².